The van der Waals surface area contributed by atoms with Crippen LogP contribution in [0.5, 0.6) is 0 Å². The van der Waals surface area contributed by atoms with Gasteiger partial charge >= 0.3 is 11.9 Å². The van der Waals surface area contributed by atoms with Crippen molar-refractivity contribution in [3.63, 3.8) is 0 Å². The van der Waals surface area contributed by atoms with E-state index in [0.29, 0.717) is 22.8 Å². The van der Waals surface area contributed by atoms with Gasteiger partial charge in [-0.3, -0.25) is 9.59 Å². The second-order valence-electron chi connectivity index (χ2n) is 11.5. The molecule has 1 N–H and O–H groups in total. The number of rotatable bonds is 6. The maximum absolute atomic E-state index is 14.7. The second-order valence-corrected chi connectivity index (χ2v) is 11.5. The van der Waals surface area contributed by atoms with Gasteiger partial charge in [0.2, 0.25) is 11.8 Å². The molecule has 10 nitrogen and oxygen atoms in total. The molecule has 12 heteroatoms. The quantitative estimate of drug-likeness (QED) is 0.181. The van der Waals surface area contributed by atoms with Crippen LogP contribution in [0.3, 0.4) is 0 Å². The third kappa shape index (κ3) is 5.67. The Morgan fingerprint density at radius 3 is 1.61 bits per heavy atom. The molecule has 8 aromatic rings. The SMILES string of the molecule is COC(=O)Cc1ccc2nc(-c3cn(C)c4ccccc34)oc2c1F.Cn1cc(-c2nc3ccc(CC(=O)O)c(F)c3o2)c2ccccc21. The number of aliphatic carboxylic acids is 1. The van der Waals surface area contributed by atoms with E-state index in [9.17, 15) is 18.4 Å². The van der Waals surface area contributed by atoms with Crippen molar-refractivity contribution in [2.24, 2.45) is 14.1 Å². The summed E-state index contributed by atoms with van der Waals surface area (Å²) >= 11 is 0. The predicted octanol–water partition coefficient (Wildman–Crippen LogP) is 7.59. The first-order chi connectivity index (χ1) is 23.6. The minimum Gasteiger partial charge on any atom is -0.481 e. The van der Waals surface area contributed by atoms with Gasteiger partial charge in [-0.1, -0.05) is 48.5 Å². The number of aromatic nitrogens is 4. The third-order valence-electron chi connectivity index (χ3n) is 8.31. The van der Waals surface area contributed by atoms with Gasteiger partial charge in [0.15, 0.2) is 22.8 Å². The molecule has 0 spiro atoms. The van der Waals surface area contributed by atoms with E-state index in [0.717, 1.165) is 32.9 Å². The van der Waals surface area contributed by atoms with Crippen LogP contribution in [-0.4, -0.2) is 43.3 Å². The van der Waals surface area contributed by atoms with E-state index in [-0.39, 0.29) is 28.7 Å². The molecule has 0 bridgehead atoms. The zero-order valence-corrected chi connectivity index (χ0v) is 26.5. The monoisotopic (exact) mass is 662 g/mol. The summed E-state index contributed by atoms with van der Waals surface area (Å²) in [5.74, 6) is -2.20. The van der Waals surface area contributed by atoms with Gasteiger partial charge in [0.25, 0.3) is 0 Å². The van der Waals surface area contributed by atoms with Crippen molar-refractivity contribution in [2.45, 2.75) is 12.8 Å². The van der Waals surface area contributed by atoms with Crippen LogP contribution >= 0.6 is 0 Å². The average molecular weight is 663 g/mol. The van der Waals surface area contributed by atoms with Crippen LogP contribution in [0.1, 0.15) is 11.1 Å². The Balaban J connectivity index is 0.000000154. The van der Waals surface area contributed by atoms with Gasteiger partial charge in [0, 0.05) is 59.4 Å². The van der Waals surface area contributed by atoms with Crippen LogP contribution in [-0.2, 0) is 41.3 Å². The lowest BCUT2D eigenvalue weighted by Gasteiger charge is -2.01. The highest BCUT2D eigenvalue weighted by Gasteiger charge is 2.21. The lowest BCUT2D eigenvalue weighted by molar-refractivity contribution is -0.140. The highest BCUT2D eigenvalue weighted by atomic mass is 19.1. The molecule has 49 heavy (non-hydrogen) atoms. The highest BCUT2D eigenvalue weighted by Crippen LogP contribution is 2.34. The molecule has 0 saturated heterocycles. The van der Waals surface area contributed by atoms with Crippen molar-refractivity contribution < 1.29 is 37.0 Å². The lowest BCUT2D eigenvalue weighted by atomic mass is 10.1. The van der Waals surface area contributed by atoms with Gasteiger partial charge < -0.3 is 27.8 Å². The molecule has 0 atom stereocenters. The van der Waals surface area contributed by atoms with Crippen molar-refractivity contribution in [1.29, 1.82) is 0 Å². The molecule has 0 amide bonds. The van der Waals surface area contributed by atoms with E-state index in [1.54, 1.807) is 12.1 Å². The van der Waals surface area contributed by atoms with Crippen molar-refractivity contribution in [1.82, 2.24) is 19.1 Å². The molecule has 0 aliphatic carbocycles. The molecule has 0 aliphatic rings. The second kappa shape index (κ2) is 12.4. The number of aryl methyl sites for hydroxylation is 2. The maximum Gasteiger partial charge on any atom is 0.310 e. The zero-order valence-electron chi connectivity index (χ0n) is 26.5. The number of methoxy groups -OCH3 is 1. The number of carbonyl (C=O) groups is 2. The molecule has 8 rings (SSSR count). The number of halogens is 2. The Kier molecular flexibility index (Phi) is 7.91. The summed E-state index contributed by atoms with van der Waals surface area (Å²) in [7, 11) is 5.12. The fourth-order valence-corrected chi connectivity index (χ4v) is 5.92. The zero-order chi connectivity index (χ0) is 34.4. The Morgan fingerprint density at radius 1 is 0.714 bits per heavy atom. The molecular weight excluding hydrogens is 634 g/mol. The van der Waals surface area contributed by atoms with E-state index >= 15 is 0 Å². The van der Waals surface area contributed by atoms with Crippen molar-refractivity contribution in [3.8, 4) is 22.9 Å². The van der Waals surface area contributed by atoms with Crippen molar-refractivity contribution >= 4 is 55.9 Å². The van der Waals surface area contributed by atoms with Crippen LogP contribution in [0.2, 0.25) is 0 Å². The topological polar surface area (TPSA) is 126 Å². The number of fused-ring (bicyclic) bond motifs is 4. The molecule has 0 fully saturated rings. The maximum atomic E-state index is 14.7. The number of ether oxygens (including phenoxy) is 1. The van der Waals surface area contributed by atoms with Gasteiger partial charge in [-0.2, -0.15) is 0 Å². The molecule has 4 aromatic carbocycles. The first-order valence-corrected chi connectivity index (χ1v) is 15.2. The number of oxazole rings is 2. The van der Waals surface area contributed by atoms with Crippen LogP contribution in [0, 0.1) is 11.6 Å². The number of esters is 1. The molecule has 0 aliphatic heterocycles. The summed E-state index contributed by atoms with van der Waals surface area (Å²) in [6.45, 7) is 0. The molecule has 4 heterocycles. The standard InChI is InChI=1S/C19H15FN2O3.C18H13FN2O3/c1-22-10-13(12-5-3-4-6-15(12)22)19-21-14-8-7-11(9-16(23)24-2)17(20)18(14)25-19;1-21-9-12(11-4-2-3-5-14(11)21)18-20-13-7-6-10(8-15(22)23)16(19)17(13)24-18/h3-8,10H,9H2,1-2H3;2-7,9H,8H2,1H3,(H,22,23). The minimum atomic E-state index is -1.10. The van der Waals surface area contributed by atoms with Gasteiger partial charge in [-0.25, -0.2) is 18.7 Å². The smallest absolute Gasteiger partial charge is 0.310 e. The summed E-state index contributed by atoms with van der Waals surface area (Å²) in [4.78, 5) is 31.0. The van der Waals surface area contributed by atoms with Gasteiger partial charge in [0.1, 0.15) is 11.0 Å². The fraction of sp³-hybridized carbons (Fsp3) is 0.135. The number of carbonyl (C=O) groups excluding carboxylic acids is 1. The normalized spacial score (nSPS) is 11.4. The Labute approximate surface area is 276 Å². The summed E-state index contributed by atoms with van der Waals surface area (Å²) in [6.07, 6.45) is 3.24. The average Bonchev–Trinajstić information content (AvgIpc) is 3.88. The summed E-state index contributed by atoms with van der Waals surface area (Å²) in [5, 5.41) is 10.8. The number of hydrogen-bond acceptors (Lipinski definition) is 7. The first-order valence-electron chi connectivity index (χ1n) is 15.2. The first kappa shape index (κ1) is 31.3. The van der Waals surface area contributed by atoms with Gasteiger partial charge in [0.05, 0.1) is 31.1 Å². The molecule has 0 radical (unpaired) electrons. The van der Waals surface area contributed by atoms with E-state index in [1.165, 1.54) is 19.2 Å². The van der Waals surface area contributed by atoms with E-state index < -0.39 is 30.0 Å². The van der Waals surface area contributed by atoms with E-state index in [2.05, 4.69) is 14.7 Å². The third-order valence-corrected chi connectivity index (χ3v) is 8.31. The number of para-hydroxylation sites is 2. The molecule has 0 unspecified atom stereocenters. The van der Waals surface area contributed by atoms with Crippen molar-refractivity contribution in [3.05, 3.63) is 108 Å². The van der Waals surface area contributed by atoms with Crippen LogP contribution in [0.15, 0.2) is 94.0 Å². The number of carboxylic acids is 1. The van der Waals surface area contributed by atoms with Crippen LogP contribution in [0.25, 0.3) is 66.9 Å². The number of carboxylic acid groups (broad SMARTS) is 1. The predicted molar refractivity (Wildman–Crippen MR) is 179 cm³/mol. The van der Waals surface area contributed by atoms with Gasteiger partial charge in [-0.15, -0.1) is 0 Å². The van der Waals surface area contributed by atoms with Crippen molar-refractivity contribution in [2.75, 3.05) is 7.11 Å². The highest BCUT2D eigenvalue weighted by molar-refractivity contribution is 5.96. The lowest BCUT2D eigenvalue weighted by Crippen LogP contribution is -2.06. The van der Waals surface area contributed by atoms with Crippen LogP contribution in [0.4, 0.5) is 8.78 Å². The summed E-state index contributed by atoms with van der Waals surface area (Å²) in [5.41, 5.74) is 4.72. The molecule has 246 valence electrons. The number of hydrogen-bond donors (Lipinski definition) is 1. The molecule has 0 saturated carbocycles. The summed E-state index contributed by atoms with van der Waals surface area (Å²) < 4.78 is 49.0. The summed E-state index contributed by atoms with van der Waals surface area (Å²) in [6, 6.07) is 21.8. The number of benzene rings is 4. The Hall–Kier alpha value is -6.30. The van der Waals surface area contributed by atoms with E-state index in [1.807, 2.05) is 84.2 Å². The fourth-order valence-electron chi connectivity index (χ4n) is 5.92. The van der Waals surface area contributed by atoms with Gasteiger partial charge in [-0.05, 0) is 24.3 Å². The largest absolute Gasteiger partial charge is 0.481 e. The number of nitrogens with zero attached hydrogens (tertiary/aromatic N) is 4. The Bertz CT molecular complexity index is 2560. The molecule has 4 aromatic heterocycles. The molecular formula is C37H28F2N4O6. The minimum absolute atomic E-state index is 0.0170. The van der Waals surface area contributed by atoms with E-state index in [4.69, 9.17) is 13.9 Å². The van der Waals surface area contributed by atoms with Crippen LogP contribution < -0.4 is 0 Å². The Morgan fingerprint density at radius 2 is 1.16 bits per heavy atom.